The summed E-state index contributed by atoms with van der Waals surface area (Å²) >= 11 is 1.88. The van der Waals surface area contributed by atoms with Crippen LogP contribution in [0, 0.1) is 10.1 Å². The molecule has 0 amide bonds. The second kappa shape index (κ2) is 6.80. The third-order valence-corrected chi connectivity index (χ3v) is 4.94. The average Bonchev–Trinajstić information content (AvgIpc) is 2.47. The highest BCUT2D eigenvalue weighted by Crippen LogP contribution is 2.30. The van der Waals surface area contributed by atoms with Crippen LogP contribution in [0.1, 0.15) is 36.0 Å². The predicted octanol–water partition coefficient (Wildman–Crippen LogP) is 3.38. The van der Waals surface area contributed by atoms with E-state index < -0.39 is 10.9 Å². The number of aromatic carboxylic acids is 1. The molecule has 0 spiro atoms. The van der Waals surface area contributed by atoms with E-state index in [1.165, 1.54) is 12.1 Å². The fourth-order valence-corrected chi connectivity index (χ4v) is 3.38. The maximum Gasteiger partial charge on any atom is 0.342 e. The number of nitro groups is 1. The minimum absolute atomic E-state index is 0.281. The van der Waals surface area contributed by atoms with E-state index in [9.17, 15) is 14.9 Å². The highest BCUT2D eigenvalue weighted by atomic mass is 32.2. The summed E-state index contributed by atoms with van der Waals surface area (Å²) in [6, 6.07) is 4.49. The van der Waals surface area contributed by atoms with E-state index in [2.05, 4.69) is 11.6 Å². The lowest BCUT2D eigenvalue weighted by Crippen LogP contribution is -2.27. The molecular formula is C14H18N2O4S. The zero-order chi connectivity index (χ0) is 15.4. The SMILES string of the molecule is CSC1CCC(Nc2ccc(C(=O)O)c([N+](=O)[O-])c2)CC1. The van der Waals surface area contributed by atoms with Crippen LogP contribution in [0.25, 0.3) is 0 Å². The molecule has 1 saturated carbocycles. The summed E-state index contributed by atoms with van der Waals surface area (Å²) in [5, 5.41) is 23.9. The first-order valence-corrected chi connectivity index (χ1v) is 8.11. The number of hydrogen-bond acceptors (Lipinski definition) is 5. The van der Waals surface area contributed by atoms with Crippen molar-refractivity contribution < 1.29 is 14.8 Å². The van der Waals surface area contributed by atoms with Crippen LogP contribution in [0.5, 0.6) is 0 Å². The Morgan fingerprint density at radius 3 is 2.57 bits per heavy atom. The van der Waals surface area contributed by atoms with Crippen molar-refractivity contribution in [3.05, 3.63) is 33.9 Å². The van der Waals surface area contributed by atoms with Crippen LogP contribution < -0.4 is 5.32 Å². The van der Waals surface area contributed by atoms with Crippen molar-refractivity contribution in [3.8, 4) is 0 Å². The van der Waals surface area contributed by atoms with Gasteiger partial charge in [0.05, 0.1) is 4.92 Å². The number of nitrogens with one attached hydrogen (secondary N) is 1. The maximum atomic E-state index is 11.0. The summed E-state index contributed by atoms with van der Waals surface area (Å²) in [6.07, 6.45) is 6.44. The van der Waals surface area contributed by atoms with E-state index in [-0.39, 0.29) is 11.3 Å². The van der Waals surface area contributed by atoms with Crippen molar-refractivity contribution in [2.45, 2.75) is 37.0 Å². The third-order valence-electron chi connectivity index (χ3n) is 3.80. The highest BCUT2D eigenvalue weighted by Gasteiger charge is 2.23. The lowest BCUT2D eigenvalue weighted by molar-refractivity contribution is -0.385. The molecule has 0 aliphatic heterocycles. The van der Waals surface area contributed by atoms with Gasteiger partial charge in [-0.3, -0.25) is 10.1 Å². The lowest BCUT2D eigenvalue weighted by Gasteiger charge is -2.28. The molecule has 0 aromatic heterocycles. The highest BCUT2D eigenvalue weighted by molar-refractivity contribution is 7.99. The first kappa shape index (κ1) is 15.6. The van der Waals surface area contributed by atoms with E-state index in [1.54, 1.807) is 6.07 Å². The first-order chi connectivity index (χ1) is 10.0. The smallest absolute Gasteiger partial charge is 0.342 e. The van der Waals surface area contributed by atoms with Crippen molar-refractivity contribution in [1.82, 2.24) is 0 Å². The Balaban J connectivity index is 2.09. The zero-order valence-electron chi connectivity index (χ0n) is 11.7. The van der Waals surface area contributed by atoms with Crippen LogP contribution in [0.3, 0.4) is 0 Å². The predicted molar refractivity (Wildman–Crippen MR) is 83.2 cm³/mol. The molecule has 1 aliphatic carbocycles. The third kappa shape index (κ3) is 3.87. The standard InChI is InChI=1S/C14H18N2O4S/c1-21-11-5-2-9(3-6-11)15-10-4-7-12(14(17)18)13(8-10)16(19)20/h4,7-9,11,15H,2-3,5-6H2,1H3,(H,17,18). The Hall–Kier alpha value is -1.76. The molecule has 2 rings (SSSR count). The van der Waals surface area contributed by atoms with Crippen LogP contribution in [-0.2, 0) is 0 Å². The Labute approximate surface area is 127 Å². The van der Waals surface area contributed by atoms with Gasteiger partial charge >= 0.3 is 5.97 Å². The summed E-state index contributed by atoms with van der Waals surface area (Å²) in [7, 11) is 0. The number of hydrogen-bond donors (Lipinski definition) is 2. The van der Waals surface area contributed by atoms with Gasteiger partial charge in [0, 0.05) is 23.0 Å². The van der Waals surface area contributed by atoms with E-state index in [1.807, 2.05) is 11.8 Å². The van der Waals surface area contributed by atoms with E-state index in [4.69, 9.17) is 5.11 Å². The lowest BCUT2D eigenvalue weighted by atomic mass is 9.94. The minimum Gasteiger partial charge on any atom is -0.477 e. The number of thioether (sulfide) groups is 1. The van der Waals surface area contributed by atoms with Crippen LogP contribution in [-0.4, -0.2) is 33.5 Å². The molecule has 0 bridgehead atoms. The number of nitro benzene ring substituents is 1. The second-order valence-corrected chi connectivity index (χ2v) is 6.29. The number of rotatable bonds is 5. The molecule has 0 atom stereocenters. The summed E-state index contributed by atoms with van der Waals surface area (Å²) in [4.78, 5) is 21.3. The number of nitrogens with zero attached hydrogens (tertiary/aromatic N) is 1. The van der Waals surface area contributed by atoms with Crippen molar-refractivity contribution in [3.63, 3.8) is 0 Å². The monoisotopic (exact) mass is 310 g/mol. The normalized spacial score (nSPS) is 21.8. The Morgan fingerprint density at radius 1 is 1.38 bits per heavy atom. The summed E-state index contributed by atoms with van der Waals surface area (Å²) in [5.74, 6) is -1.28. The molecule has 114 valence electrons. The van der Waals surface area contributed by atoms with E-state index in [0.717, 1.165) is 25.7 Å². The Bertz CT molecular complexity index is 542. The van der Waals surface area contributed by atoms with Gasteiger partial charge in [-0.05, 0) is 44.1 Å². The molecule has 6 nitrogen and oxygen atoms in total. The molecule has 2 N–H and O–H groups in total. The first-order valence-electron chi connectivity index (χ1n) is 6.82. The Morgan fingerprint density at radius 2 is 2.05 bits per heavy atom. The number of carbonyl (C=O) groups is 1. The molecule has 0 saturated heterocycles. The fourth-order valence-electron chi connectivity index (χ4n) is 2.63. The molecule has 0 radical (unpaired) electrons. The van der Waals surface area contributed by atoms with E-state index in [0.29, 0.717) is 17.0 Å². The van der Waals surface area contributed by atoms with Crippen LogP contribution >= 0.6 is 11.8 Å². The molecule has 1 aliphatic rings. The van der Waals surface area contributed by atoms with Crippen molar-refractivity contribution in [1.29, 1.82) is 0 Å². The summed E-state index contributed by atoms with van der Waals surface area (Å²) in [5.41, 5.74) is -0.0405. The van der Waals surface area contributed by atoms with Gasteiger partial charge in [-0.2, -0.15) is 11.8 Å². The largest absolute Gasteiger partial charge is 0.477 e. The zero-order valence-corrected chi connectivity index (χ0v) is 12.6. The number of carboxylic acid groups (broad SMARTS) is 1. The molecule has 1 fully saturated rings. The topological polar surface area (TPSA) is 92.5 Å². The molecule has 0 unspecified atom stereocenters. The van der Waals surface area contributed by atoms with Crippen molar-refractivity contribution in [2.24, 2.45) is 0 Å². The van der Waals surface area contributed by atoms with E-state index >= 15 is 0 Å². The quantitative estimate of drug-likeness (QED) is 0.640. The average molecular weight is 310 g/mol. The van der Waals surface area contributed by atoms with Gasteiger partial charge in [0.2, 0.25) is 0 Å². The van der Waals surface area contributed by atoms with Crippen molar-refractivity contribution in [2.75, 3.05) is 11.6 Å². The van der Waals surface area contributed by atoms with Crippen molar-refractivity contribution >= 4 is 29.1 Å². The number of benzene rings is 1. The van der Waals surface area contributed by atoms with Gasteiger partial charge in [-0.25, -0.2) is 4.79 Å². The van der Waals surface area contributed by atoms with Crippen LogP contribution in [0.2, 0.25) is 0 Å². The molecule has 0 heterocycles. The number of anilines is 1. The van der Waals surface area contributed by atoms with Gasteiger partial charge in [-0.15, -0.1) is 0 Å². The van der Waals surface area contributed by atoms with Gasteiger partial charge in [0.1, 0.15) is 5.56 Å². The molecule has 1 aromatic carbocycles. The minimum atomic E-state index is -1.28. The molecule has 7 heteroatoms. The van der Waals surface area contributed by atoms with Crippen LogP contribution in [0.4, 0.5) is 11.4 Å². The van der Waals surface area contributed by atoms with Crippen LogP contribution in [0.15, 0.2) is 18.2 Å². The maximum absolute atomic E-state index is 11.0. The van der Waals surface area contributed by atoms with Gasteiger partial charge in [0.25, 0.3) is 5.69 Å². The second-order valence-electron chi connectivity index (χ2n) is 5.15. The molecule has 21 heavy (non-hydrogen) atoms. The fraction of sp³-hybridized carbons (Fsp3) is 0.500. The van der Waals surface area contributed by atoms with Gasteiger partial charge < -0.3 is 10.4 Å². The summed E-state index contributed by atoms with van der Waals surface area (Å²) in [6.45, 7) is 0. The Kier molecular flexibility index (Phi) is 5.06. The number of carboxylic acids is 1. The van der Waals surface area contributed by atoms with Gasteiger partial charge in [0.15, 0.2) is 0 Å². The molecule has 1 aromatic rings. The molecular weight excluding hydrogens is 292 g/mol. The summed E-state index contributed by atoms with van der Waals surface area (Å²) < 4.78 is 0. The van der Waals surface area contributed by atoms with Gasteiger partial charge in [-0.1, -0.05) is 0 Å².